The molecule has 0 radical (unpaired) electrons. The standard InChI is InChI=1S/C17H15F/c1-4-13-9-10-14(11-17(13)18)16-8-6-5-7-15(16)12(2)3/h1,5-12H,2-3H3. The maximum atomic E-state index is 13.7. The molecule has 0 aliphatic carbocycles. The van der Waals surface area contributed by atoms with Crippen LogP contribution in [-0.2, 0) is 0 Å². The lowest BCUT2D eigenvalue weighted by atomic mass is 9.92. The van der Waals surface area contributed by atoms with Crippen molar-refractivity contribution in [3.8, 4) is 23.5 Å². The topological polar surface area (TPSA) is 0 Å². The molecular weight excluding hydrogens is 223 g/mol. The van der Waals surface area contributed by atoms with Gasteiger partial charge in [0.05, 0.1) is 5.56 Å². The highest BCUT2D eigenvalue weighted by atomic mass is 19.1. The van der Waals surface area contributed by atoms with E-state index in [4.69, 9.17) is 6.42 Å². The Balaban J connectivity index is 2.56. The van der Waals surface area contributed by atoms with Gasteiger partial charge in [0.2, 0.25) is 0 Å². The summed E-state index contributed by atoms with van der Waals surface area (Å²) in [6.07, 6.45) is 5.23. The second-order valence-corrected chi connectivity index (χ2v) is 4.58. The van der Waals surface area contributed by atoms with Crippen molar-refractivity contribution in [2.45, 2.75) is 19.8 Å². The van der Waals surface area contributed by atoms with Gasteiger partial charge >= 0.3 is 0 Å². The van der Waals surface area contributed by atoms with Crippen molar-refractivity contribution in [3.63, 3.8) is 0 Å². The Morgan fingerprint density at radius 2 is 1.83 bits per heavy atom. The van der Waals surface area contributed by atoms with Crippen molar-refractivity contribution in [1.29, 1.82) is 0 Å². The van der Waals surface area contributed by atoms with Gasteiger partial charge in [-0.1, -0.05) is 50.1 Å². The van der Waals surface area contributed by atoms with Crippen LogP contribution in [0.25, 0.3) is 11.1 Å². The molecule has 0 fully saturated rings. The van der Waals surface area contributed by atoms with Gasteiger partial charge in [-0.25, -0.2) is 4.39 Å². The summed E-state index contributed by atoms with van der Waals surface area (Å²) >= 11 is 0. The van der Waals surface area contributed by atoms with Crippen LogP contribution in [0.15, 0.2) is 42.5 Å². The third-order valence-corrected chi connectivity index (χ3v) is 3.02. The molecule has 0 spiro atoms. The summed E-state index contributed by atoms with van der Waals surface area (Å²) in [6, 6.07) is 13.1. The summed E-state index contributed by atoms with van der Waals surface area (Å²) in [5.74, 6) is 2.40. The Labute approximate surface area is 107 Å². The molecule has 90 valence electrons. The summed E-state index contributed by atoms with van der Waals surface area (Å²) in [4.78, 5) is 0. The minimum atomic E-state index is -0.339. The molecule has 0 aromatic heterocycles. The molecule has 1 heteroatoms. The molecule has 0 heterocycles. The van der Waals surface area contributed by atoms with Crippen LogP contribution in [-0.4, -0.2) is 0 Å². The van der Waals surface area contributed by atoms with Crippen LogP contribution < -0.4 is 0 Å². The van der Waals surface area contributed by atoms with Gasteiger partial charge in [-0.2, -0.15) is 0 Å². The van der Waals surface area contributed by atoms with E-state index >= 15 is 0 Å². The first-order valence-corrected chi connectivity index (χ1v) is 5.99. The van der Waals surface area contributed by atoms with Crippen molar-refractivity contribution in [3.05, 3.63) is 59.4 Å². The van der Waals surface area contributed by atoms with Crippen LogP contribution in [0.1, 0.15) is 30.9 Å². The summed E-state index contributed by atoms with van der Waals surface area (Å²) in [5, 5.41) is 0. The van der Waals surface area contributed by atoms with Crippen molar-refractivity contribution in [2.75, 3.05) is 0 Å². The molecule has 0 atom stereocenters. The van der Waals surface area contributed by atoms with Crippen LogP contribution in [0.3, 0.4) is 0 Å². The number of benzene rings is 2. The van der Waals surface area contributed by atoms with Gasteiger partial charge in [-0.05, 0) is 34.7 Å². The van der Waals surface area contributed by atoms with E-state index in [0.717, 1.165) is 11.1 Å². The lowest BCUT2D eigenvalue weighted by molar-refractivity contribution is 0.625. The first-order chi connectivity index (χ1) is 8.63. The second-order valence-electron chi connectivity index (χ2n) is 4.58. The normalized spacial score (nSPS) is 10.4. The average Bonchev–Trinajstić information content (AvgIpc) is 2.38. The van der Waals surface area contributed by atoms with Crippen LogP contribution in [0.4, 0.5) is 4.39 Å². The zero-order valence-electron chi connectivity index (χ0n) is 10.6. The Morgan fingerprint density at radius 3 is 2.44 bits per heavy atom. The van der Waals surface area contributed by atoms with Crippen LogP contribution in [0.2, 0.25) is 0 Å². The minimum Gasteiger partial charge on any atom is -0.206 e. The average molecular weight is 238 g/mol. The number of rotatable bonds is 2. The van der Waals surface area contributed by atoms with Crippen LogP contribution >= 0.6 is 0 Å². The van der Waals surface area contributed by atoms with Crippen molar-refractivity contribution >= 4 is 0 Å². The highest BCUT2D eigenvalue weighted by Crippen LogP contribution is 2.29. The van der Waals surface area contributed by atoms with Crippen molar-refractivity contribution in [1.82, 2.24) is 0 Å². The Bertz CT molecular complexity index is 603. The molecule has 2 rings (SSSR count). The van der Waals surface area contributed by atoms with E-state index in [1.807, 2.05) is 24.3 Å². The van der Waals surface area contributed by atoms with Gasteiger partial charge in [-0.15, -0.1) is 6.42 Å². The van der Waals surface area contributed by atoms with E-state index in [0.29, 0.717) is 11.5 Å². The number of halogens is 1. The summed E-state index contributed by atoms with van der Waals surface area (Å²) in [7, 11) is 0. The zero-order valence-corrected chi connectivity index (χ0v) is 10.6. The third kappa shape index (κ3) is 2.28. The molecule has 2 aromatic carbocycles. The molecule has 0 saturated carbocycles. The number of terminal acetylenes is 1. The smallest absolute Gasteiger partial charge is 0.139 e. The SMILES string of the molecule is C#Cc1ccc(-c2ccccc2C(C)C)cc1F. The summed E-state index contributed by atoms with van der Waals surface area (Å²) in [6.45, 7) is 4.26. The van der Waals surface area contributed by atoms with Gasteiger partial charge in [-0.3, -0.25) is 0 Å². The summed E-state index contributed by atoms with van der Waals surface area (Å²) < 4.78 is 13.7. The van der Waals surface area contributed by atoms with E-state index < -0.39 is 0 Å². The monoisotopic (exact) mass is 238 g/mol. The van der Waals surface area contributed by atoms with E-state index in [1.165, 1.54) is 11.6 Å². The molecule has 0 aliphatic rings. The number of hydrogen-bond donors (Lipinski definition) is 0. The van der Waals surface area contributed by atoms with Gasteiger partial charge in [0, 0.05) is 0 Å². The maximum Gasteiger partial charge on any atom is 0.139 e. The molecule has 18 heavy (non-hydrogen) atoms. The fraction of sp³-hybridized carbons (Fsp3) is 0.176. The molecule has 0 nitrogen and oxygen atoms in total. The lowest BCUT2D eigenvalue weighted by Crippen LogP contribution is -1.93. The molecule has 0 amide bonds. The van der Waals surface area contributed by atoms with E-state index in [9.17, 15) is 4.39 Å². The molecule has 0 aliphatic heterocycles. The third-order valence-electron chi connectivity index (χ3n) is 3.02. The van der Waals surface area contributed by atoms with Gasteiger partial charge < -0.3 is 0 Å². The predicted molar refractivity (Wildman–Crippen MR) is 73.9 cm³/mol. The largest absolute Gasteiger partial charge is 0.206 e. The van der Waals surface area contributed by atoms with Crippen LogP contribution in [0, 0.1) is 18.2 Å². The molecule has 0 N–H and O–H groups in total. The van der Waals surface area contributed by atoms with E-state index in [1.54, 1.807) is 6.07 Å². The first kappa shape index (κ1) is 12.4. The maximum absolute atomic E-state index is 13.7. The highest BCUT2D eigenvalue weighted by Gasteiger charge is 2.09. The fourth-order valence-electron chi connectivity index (χ4n) is 2.06. The Hall–Kier alpha value is -2.07. The first-order valence-electron chi connectivity index (χ1n) is 5.99. The quantitative estimate of drug-likeness (QED) is 0.671. The second kappa shape index (κ2) is 5.06. The Kier molecular flexibility index (Phi) is 3.48. The van der Waals surface area contributed by atoms with Crippen molar-refractivity contribution in [2.24, 2.45) is 0 Å². The molecule has 0 bridgehead atoms. The van der Waals surface area contributed by atoms with E-state index in [2.05, 4.69) is 25.8 Å². The Morgan fingerprint density at radius 1 is 1.11 bits per heavy atom. The molecular formula is C17H15F. The molecule has 2 aromatic rings. The fourth-order valence-corrected chi connectivity index (χ4v) is 2.06. The van der Waals surface area contributed by atoms with Crippen LogP contribution in [0.5, 0.6) is 0 Å². The predicted octanol–water partition coefficient (Wildman–Crippen LogP) is 4.60. The number of hydrogen-bond acceptors (Lipinski definition) is 0. The molecule has 0 saturated heterocycles. The lowest BCUT2D eigenvalue weighted by Gasteiger charge is -2.13. The van der Waals surface area contributed by atoms with Crippen molar-refractivity contribution < 1.29 is 4.39 Å². The van der Waals surface area contributed by atoms with E-state index in [-0.39, 0.29) is 5.82 Å². The minimum absolute atomic E-state index is 0.306. The van der Waals surface area contributed by atoms with Gasteiger partial charge in [0.15, 0.2) is 0 Å². The van der Waals surface area contributed by atoms with Gasteiger partial charge in [0.25, 0.3) is 0 Å². The molecule has 0 unspecified atom stereocenters. The zero-order chi connectivity index (χ0) is 13.1. The highest BCUT2D eigenvalue weighted by molar-refractivity contribution is 5.68. The summed E-state index contributed by atoms with van der Waals surface area (Å²) in [5.41, 5.74) is 3.46. The van der Waals surface area contributed by atoms with Gasteiger partial charge in [0.1, 0.15) is 5.82 Å².